The highest BCUT2D eigenvalue weighted by atomic mass is 15.3. The van der Waals surface area contributed by atoms with E-state index in [4.69, 9.17) is 5.73 Å². The molecular formula is C13H27N3. The molecule has 0 unspecified atom stereocenters. The summed E-state index contributed by atoms with van der Waals surface area (Å²) in [5.41, 5.74) is 6.74. The van der Waals surface area contributed by atoms with Crippen LogP contribution in [0, 0.1) is 0 Å². The van der Waals surface area contributed by atoms with E-state index in [9.17, 15) is 0 Å². The summed E-state index contributed by atoms with van der Waals surface area (Å²) in [7, 11) is 0. The summed E-state index contributed by atoms with van der Waals surface area (Å²) in [5.74, 6) is 0. The molecule has 1 aliphatic heterocycles. The number of nitrogens with two attached hydrogens (primary N) is 1. The van der Waals surface area contributed by atoms with Crippen LogP contribution < -0.4 is 5.73 Å². The fourth-order valence-electron chi connectivity index (χ4n) is 2.45. The van der Waals surface area contributed by atoms with Gasteiger partial charge >= 0.3 is 0 Å². The fourth-order valence-corrected chi connectivity index (χ4v) is 2.45. The van der Waals surface area contributed by atoms with Gasteiger partial charge in [0.1, 0.15) is 0 Å². The molecule has 0 aromatic heterocycles. The normalized spacial score (nSPS) is 29.3. The summed E-state index contributed by atoms with van der Waals surface area (Å²) in [4.78, 5) is 5.00. The van der Waals surface area contributed by atoms with E-state index >= 15 is 0 Å². The predicted molar refractivity (Wildman–Crippen MR) is 70.3 cm³/mol. The third-order valence-corrected chi connectivity index (χ3v) is 3.44. The average Bonchev–Trinajstić information content (AvgIpc) is 2.09. The molecule has 0 radical (unpaired) electrons. The van der Waals surface area contributed by atoms with E-state index in [1.165, 1.54) is 0 Å². The van der Waals surface area contributed by atoms with Crippen molar-refractivity contribution in [2.75, 3.05) is 19.6 Å². The van der Waals surface area contributed by atoms with Crippen molar-refractivity contribution in [1.29, 1.82) is 0 Å². The van der Waals surface area contributed by atoms with Crippen LogP contribution in [0.5, 0.6) is 0 Å². The molecule has 1 saturated heterocycles. The van der Waals surface area contributed by atoms with Crippen molar-refractivity contribution in [3.63, 3.8) is 0 Å². The summed E-state index contributed by atoms with van der Waals surface area (Å²) in [6, 6.07) is 1.09. The van der Waals surface area contributed by atoms with Crippen molar-refractivity contribution in [2.24, 2.45) is 5.73 Å². The van der Waals surface area contributed by atoms with Gasteiger partial charge in [0.25, 0.3) is 0 Å². The highest BCUT2D eigenvalue weighted by Gasteiger charge is 2.33. The molecule has 2 atom stereocenters. The summed E-state index contributed by atoms with van der Waals surface area (Å²) < 4.78 is 0. The Morgan fingerprint density at radius 2 is 1.69 bits per heavy atom. The highest BCUT2D eigenvalue weighted by Crippen LogP contribution is 2.22. The molecule has 0 bridgehead atoms. The van der Waals surface area contributed by atoms with Gasteiger partial charge in [0.2, 0.25) is 0 Å². The molecule has 1 aliphatic rings. The van der Waals surface area contributed by atoms with Crippen LogP contribution in [0.4, 0.5) is 0 Å². The Hall–Kier alpha value is -0.540. The van der Waals surface area contributed by atoms with Gasteiger partial charge < -0.3 is 5.73 Å². The van der Waals surface area contributed by atoms with Gasteiger partial charge in [-0.05, 0) is 34.6 Å². The molecule has 3 nitrogen and oxygen atoms in total. The molecule has 0 spiro atoms. The lowest BCUT2D eigenvalue weighted by Crippen LogP contribution is -2.61. The molecule has 94 valence electrons. The van der Waals surface area contributed by atoms with E-state index in [2.05, 4.69) is 51.0 Å². The minimum absolute atomic E-state index is 0.258. The lowest BCUT2D eigenvalue weighted by molar-refractivity contribution is -0.000498. The average molecular weight is 225 g/mol. The number of hydrogen-bond donors (Lipinski definition) is 1. The summed E-state index contributed by atoms with van der Waals surface area (Å²) >= 11 is 0. The van der Waals surface area contributed by atoms with Crippen molar-refractivity contribution < 1.29 is 0 Å². The first-order chi connectivity index (χ1) is 7.21. The van der Waals surface area contributed by atoms with Crippen molar-refractivity contribution in [2.45, 2.75) is 52.2 Å². The van der Waals surface area contributed by atoms with Crippen LogP contribution in [0.15, 0.2) is 12.3 Å². The standard InChI is InChI=1S/C13H27N3/c1-10(14)7-16-11(2)8-15(9-12(16)3)13(4,5)6/h11-12H,1,7-9,14H2,2-6H3/t11-,12+. The monoisotopic (exact) mass is 225 g/mol. The Balaban J connectivity index is 2.67. The van der Waals surface area contributed by atoms with Gasteiger partial charge in [-0.1, -0.05) is 6.58 Å². The van der Waals surface area contributed by atoms with Crippen LogP contribution in [-0.2, 0) is 0 Å². The summed E-state index contributed by atoms with van der Waals surface area (Å²) in [6.07, 6.45) is 0. The second kappa shape index (κ2) is 4.76. The maximum Gasteiger partial charge on any atom is 0.0380 e. The molecule has 0 saturated carbocycles. The molecule has 2 N–H and O–H groups in total. The summed E-state index contributed by atoms with van der Waals surface area (Å²) in [6.45, 7) is 18.2. The first kappa shape index (κ1) is 13.5. The van der Waals surface area contributed by atoms with Crippen molar-refractivity contribution in [3.05, 3.63) is 12.3 Å². The van der Waals surface area contributed by atoms with Crippen molar-refractivity contribution >= 4 is 0 Å². The SMILES string of the molecule is C=C(N)CN1[C@H](C)CN(C(C)(C)C)C[C@@H]1C. The van der Waals surface area contributed by atoms with Crippen molar-refractivity contribution in [1.82, 2.24) is 9.80 Å². The van der Waals surface area contributed by atoms with Crippen molar-refractivity contribution in [3.8, 4) is 0 Å². The van der Waals surface area contributed by atoms with Gasteiger partial charge in [-0.15, -0.1) is 0 Å². The van der Waals surface area contributed by atoms with E-state index in [-0.39, 0.29) is 5.54 Å². The maximum atomic E-state index is 5.72. The lowest BCUT2D eigenvalue weighted by Gasteiger charge is -2.49. The van der Waals surface area contributed by atoms with Crippen LogP contribution in [0.3, 0.4) is 0 Å². The van der Waals surface area contributed by atoms with E-state index in [1.807, 2.05) is 0 Å². The maximum absolute atomic E-state index is 5.72. The molecular weight excluding hydrogens is 198 g/mol. The number of nitrogens with zero attached hydrogens (tertiary/aromatic N) is 2. The number of hydrogen-bond acceptors (Lipinski definition) is 3. The molecule has 0 aliphatic carbocycles. The largest absolute Gasteiger partial charge is 0.401 e. The molecule has 16 heavy (non-hydrogen) atoms. The quantitative estimate of drug-likeness (QED) is 0.775. The second-order valence-electron chi connectivity index (χ2n) is 6.10. The number of piperazine rings is 1. The van der Waals surface area contributed by atoms with Gasteiger partial charge in [0, 0.05) is 43.0 Å². The summed E-state index contributed by atoms with van der Waals surface area (Å²) in [5, 5.41) is 0. The van der Waals surface area contributed by atoms with E-state index in [1.54, 1.807) is 0 Å². The Morgan fingerprint density at radius 1 is 1.25 bits per heavy atom. The third-order valence-electron chi connectivity index (χ3n) is 3.44. The van der Waals surface area contributed by atoms with Crippen LogP contribution >= 0.6 is 0 Å². The predicted octanol–water partition coefficient (Wildman–Crippen LogP) is 1.65. The van der Waals surface area contributed by atoms with Crippen LogP contribution in [0.1, 0.15) is 34.6 Å². The molecule has 3 heteroatoms. The topological polar surface area (TPSA) is 32.5 Å². The molecule has 0 aromatic carbocycles. The molecule has 0 aromatic rings. The minimum Gasteiger partial charge on any atom is -0.401 e. The lowest BCUT2D eigenvalue weighted by atomic mass is 9.99. The Bertz CT molecular complexity index is 242. The smallest absolute Gasteiger partial charge is 0.0380 e. The Labute approximate surface area is 100 Å². The first-order valence-electron chi connectivity index (χ1n) is 6.16. The zero-order chi connectivity index (χ0) is 12.5. The van der Waals surface area contributed by atoms with Crippen LogP contribution in [-0.4, -0.2) is 47.1 Å². The zero-order valence-electron chi connectivity index (χ0n) is 11.5. The van der Waals surface area contributed by atoms with E-state index in [0.717, 1.165) is 25.3 Å². The molecule has 1 rings (SSSR count). The van der Waals surface area contributed by atoms with Gasteiger partial charge in [-0.3, -0.25) is 9.80 Å². The van der Waals surface area contributed by atoms with E-state index < -0.39 is 0 Å². The Kier molecular flexibility index (Phi) is 4.02. The van der Waals surface area contributed by atoms with Crippen LogP contribution in [0.2, 0.25) is 0 Å². The second-order valence-corrected chi connectivity index (χ2v) is 6.10. The Morgan fingerprint density at radius 3 is 2.00 bits per heavy atom. The van der Waals surface area contributed by atoms with Gasteiger partial charge in [0.05, 0.1) is 0 Å². The third kappa shape index (κ3) is 3.22. The minimum atomic E-state index is 0.258. The van der Waals surface area contributed by atoms with Gasteiger partial charge in [-0.2, -0.15) is 0 Å². The zero-order valence-corrected chi connectivity index (χ0v) is 11.5. The fraction of sp³-hybridized carbons (Fsp3) is 0.846. The van der Waals surface area contributed by atoms with E-state index in [0.29, 0.717) is 12.1 Å². The molecule has 1 fully saturated rings. The number of rotatable bonds is 2. The van der Waals surface area contributed by atoms with Gasteiger partial charge in [-0.25, -0.2) is 0 Å². The van der Waals surface area contributed by atoms with Crippen LogP contribution in [0.25, 0.3) is 0 Å². The van der Waals surface area contributed by atoms with Gasteiger partial charge in [0.15, 0.2) is 0 Å². The molecule has 0 amide bonds. The highest BCUT2D eigenvalue weighted by molar-refractivity contribution is 4.97. The first-order valence-corrected chi connectivity index (χ1v) is 6.16. The molecule has 1 heterocycles.